The van der Waals surface area contributed by atoms with E-state index in [9.17, 15) is 4.79 Å². The van der Waals surface area contributed by atoms with E-state index in [1.807, 2.05) is 0 Å². The Balaban J connectivity index is 2.24. The van der Waals surface area contributed by atoms with Crippen molar-refractivity contribution in [1.82, 2.24) is 0 Å². The molecule has 1 heterocycles. The second-order valence-electron chi connectivity index (χ2n) is 3.41. The molecule has 0 atom stereocenters. The molecule has 2 rings (SSSR count). The van der Waals surface area contributed by atoms with Crippen molar-refractivity contribution in [3.05, 3.63) is 45.8 Å². The fraction of sp³-hybridized carbons (Fsp3) is 0.0833. The number of rotatable bonds is 3. The number of carbonyl (C=O) groups is 1. The van der Waals surface area contributed by atoms with E-state index >= 15 is 0 Å². The van der Waals surface area contributed by atoms with Crippen LogP contribution in [0.15, 0.2) is 39.6 Å². The lowest BCUT2D eigenvalue weighted by Gasteiger charge is -2.08. The molecule has 18 heavy (non-hydrogen) atoms. The van der Waals surface area contributed by atoms with Gasteiger partial charge in [-0.2, -0.15) is 0 Å². The maximum Gasteiger partial charge on any atom is 0.260 e. The van der Waals surface area contributed by atoms with Crippen molar-refractivity contribution in [3.63, 3.8) is 0 Å². The summed E-state index contributed by atoms with van der Waals surface area (Å²) in [4.78, 5) is 11.9. The lowest BCUT2D eigenvalue weighted by molar-refractivity contribution is 0.102. The number of benzene rings is 1. The standard InChI is InChI=1S/C12H9BrClNO3/c1-17-7-2-3-9(14)10(6-7)15-12(16)8-4-5-18-11(8)13/h2-6H,1H3,(H,15,16). The van der Waals surface area contributed by atoms with Crippen LogP contribution in [0.5, 0.6) is 5.75 Å². The Morgan fingerprint density at radius 2 is 2.22 bits per heavy atom. The van der Waals surface area contributed by atoms with Crippen LogP contribution >= 0.6 is 27.5 Å². The van der Waals surface area contributed by atoms with E-state index in [1.54, 1.807) is 31.4 Å². The van der Waals surface area contributed by atoms with Crippen LogP contribution < -0.4 is 10.1 Å². The van der Waals surface area contributed by atoms with Crippen molar-refractivity contribution in [2.24, 2.45) is 0 Å². The van der Waals surface area contributed by atoms with Crippen molar-refractivity contribution < 1.29 is 13.9 Å². The number of halogens is 2. The fourth-order valence-corrected chi connectivity index (χ4v) is 1.96. The maximum atomic E-state index is 11.9. The summed E-state index contributed by atoms with van der Waals surface area (Å²) < 4.78 is 10.4. The van der Waals surface area contributed by atoms with E-state index in [1.165, 1.54) is 6.26 Å². The van der Waals surface area contributed by atoms with Crippen molar-refractivity contribution in [2.75, 3.05) is 12.4 Å². The van der Waals surface area contributed by atoms with Gasteiger partial charge in [-0.3, -0.25) is 4.79 Å². The fourth-order valence-electron chi connectivity index (χ4n) is 1.37. The van der Waals surface area contributed by atoms with Crippen molar-refractivity contribution in [3.8, 4) is 5.75 Å². The zero-order chi connectivity index (χ0) is 13.1. The molecule has 2 aromatic rings. The SMILES string of the molecule is COc1ccc(Cl)c(NC(=O)c2ccoc2Br)c1. The van der Waals surface area contributed by atoms with Gasteiger partial charge in [0.05, 0.1) is 29.6 Å². The number of ether oxygens (including phenoxy) is 1. The number of amides is 1. The topological polar surface area (TPSA) is 51.5 Å². The Morgan fingerprint density at radius 1 is 1.44 bits per heavy atom. The smallest absolute Gasteiger partial charge is 0.260 e. The second-order valence-corrected chi connectivity index (χ2v) is 4.54. The third-order valence-corrected chi connectivity index (χ3v) is 3.23. The van der Waals surface area contributed by atoms with Crippen molar-refractivity contribution in [2.45, 2.75) is 0 Å². The first-order chi connectivity index (χ1) is 8.61. The minimum absolute atomic E-state index is 0.314. The minimum atomic E-state index is -0.314. The molecule has 6 heteroatoms. The first-order valence-corrected chi connectivity index (χ1v) is 6.17. The lowest BCUT2D eigenvalue weighted by atomic mass is 10.2. The maximum absolute atomic E-state index is 11.9. The van der Waals surface area contributed by atoms with E-state index in [-0.39, 0.29) is 5.91 Å². The molecule has 0 spiro atoms. The highest BCUT2D eigenvalue weighted by Gasteiger charge is 2.14. The van der Waals surface area contributed by atoms with Crippen LogP contribution in [0.3, 0.4) is 0 Å². The van der Waals surface area contributed by atoms with Gasteiger partial charge in [-0.25, -0.2) is 0 Å². The predicted molar refractivity (Wildman–Crippen MR) is 72.4 cm³/mol. The van der Waals surface area contributed by atoms with Crippen LogP contribution in [-0.4, -0.2) is 13.0 Å². The molecule has 1 N–H and O–H groups in total. The van der Waals surface area contributed by atoms with E-state index in [4.69, 9.17) is 20.8 Å². The van der Waals surface area contributed by atoms with E-state index in [2.05, 4.69) is 21.2 Å². The average molecular weight is 331 g/mol. The predicted octanol–water partition coefficient (Wildman–Crippen LogP) is 3.96. The highest BCUT2D eigenvalue weighted by atomic mass is 79.9. The molecule has 1 aromatic heterocycles. The largest absolute Gasteiger partial charge is 0.497 e. The van der Waals surface area contributed by atoms with Crippen LogP contribution in [0.25, 0.3) is 0 Å². The van der Waals surface area contributed by atoms with Gasteiger partial charge in [0.25, 0.3) is 5.91 Å². The first-order valence-electron chi connectivity index (χ1n) is 4.99. The van der Waals surface area contributed by atoms with Gasteiger partial charge in [-0.15, -0.1) is 0 Å². The first kappa shape index (κ1) is 13.0. The molecule has 0 unspecified atom stereocenters. The summed E-state index contributed by atoms with van der Waals surface area (Å²) in [6.07, 6.45) is 1.42. The summed E-state index contributed by atoms with van der Waals surface area (Å²) in [5.41, 5.74) is 0.878. The molecule has 0 bridgehead atoms. The quantitative estimate of drug-likeness (QED) is 0.927. The Morgan fingerprint density at radius 3 is 2.83 bits per heavy atom. The molecule has 0 saturated carbocycles. The van der Waals surface area contributed by atoms with Crippen molar-refractivity contribution in [1.29, 1.82) is 0 Å². The van der Waals surface area contributed by atoms with Crippen LogP contribution in [0, 0.1) is 0 Å². The molecule has 1 amide bonds. The van der Waals surface area contributed by atoms with Crippen LogP contribution in [0.4, 0.5) is 5.69 Å². The van der Waals surface area contributed by atoms with Gasteiger partial charge in [0.15, 0.2) is 4.67 Å². The molecular weight excluding hydrogens is 321 g/mol. The van der Waals surface area contributed by atoms with Gasteiger partial charge < -0.3 is 14.5 Å². The molecule has 0 aliphatic carbocycles. The molecule has 4 nitrogen and oxygen atoms in total. The summed E-state index contributed by atoms with van der Waals surface area (Å²) in [6, 6.07) is 6.58. The number of nitrogens with one attached hydrogen (secondary N) is 1. The van der Waals surface area contributed by atoms with Gasteiger partial charge in [-0.1, -0.05) is 11.6 Å². The Kier molecular flexibility index (Phi) is 3.93. The lowest BCUT2D eigenvalue weighted by Crippen LogP contribution is -2.11. The number of carbonyl (C=O) groups excluding carboxylic acids is 1. The monoisotopic (exact) mass is 329 g/mol. The molecule has 0 aliphatic heterocycles. The minimum Gasteiger partial charge on any atom is -0.497 e. The third kappa shape index (κ3) is 2.68. The molecule has 94 valence electrons. The van der Waals surface area contributed by atoms with Crippen LogP contribution in [0.2, 0.25) is 5.02 Å². The summed E-state index contributed by atoms with van der Waals surface area (Å²) in [7, 11) is 1.54. The Hall–Kier alpha value is -1.46. The summed E-state index contributed by atoms with van der Waals surface area (Å²) in [5, 5.41) is 3.12. The summed E-state index contributed by atoms with van der Waals surface area (Å²) in [5.74, 6) is 0.298. The zero-order valence-electron chi connectivity index (χ0n) is 9.37. The van der Waals surface area contributed by atoms with Gasteiger partial charge in [0.2, 0.25) is 0 Å². The summed E-state index contributed by atoms with van der Waals surface area (Å²) in [6.45, 7) is 0. The highest BCUT2D eigenvalue weighted by molar-refractivity contribution is 9.10. The summed E-state index contributed by atoms with van der Waals surface area (Å²) >= 11 is 9.13. The zero-order valence-corrected chi connectivity index (χ0v) is 11.7. The number of hydrogen-bond acceptors (Lipinski definition) is 3. The van der Waals surface area contributed by atoms with E-state index in [0.29, 0.717) is 26.7 Å². The Labute approximate surface area is 117 Å². The molecule has 0 radical (unpaired) electrons. The second kappa shape index (κ2) is 5.46. The van der Waals surface area contributed by atoms with E-state index < -0.39 is 0 Å². The Bertz CT molecular complexity index is 582. The number of furan rings is 1. The normalized spacial score (nSPS) is 10.2. The third-order valence-electron chi connectivity index (χ3n) is 2.28. The van der Waals surface area contributed by atoms with Crippen LogP contribution in [0.1, 0.15) is 10.4 Å². The average Bonchev–Trinajstić information content (AvgIpc) is 2.78. The molecule has 1 aromatic carbocycles. The van der Waals surface area contributed by atoms with Gasteiger partial charge in [0.1, 0.15) is 5.75 Å². The van der Waals surface area contributed by atoms with Crippen LogP contribution in [-0.2, 0) is 0 Å². The van der Waals surface area contributed by atoms with Crippen molar-refractivity contribution >= 4 is 39.1 Å². The molecule has 0 aliphatic rings. The highest BCUT2D eigenvalue weighted by Crippen LogP contribution is 2.28. The van der Waals surface area contributed by atoms with Gasteiger partial charge >= 0.3 is 0 Å². The van der Waals surface area contributed by atoms with E-state index in [0.717, 1.165) is 0 Å². The molecular formula is C12H9BrClNO3. The number of methoxy groups -OCH3 is 1. The van der Waals surface area contributed by atoms with Gasteiger partial charge in [-0.05, 0) is 34.1 Å². The molecule has 0 fully saturated rings. The van der Waals surface area contributed by atoms with Gasteiger partial charge in [0, 0.05) is 6.07 Å². The molecule has 0 saturated heterocycles. The number of hydrogen-bond donors (Lipinski definition) is 1. The number of anilines is 1.